The highest BCUT2D eigenvalue weighted by atomic mass is 19.1. The van der Waals surface area contributed by atoms with E-state index in [0.717, 1.165) is 23.7 Å². The number of carbonyl (C=O) groups is 1. The molecule has 1 aliphatic rings. The number of aryl methyl sites for hydroxylation is 1. The molecule has 0 aliphatic carbocycles. The van der Waals surface area contributed by atoms with Crippen LogP contribution in [0.2, 0.25) is 0 Å². The molecule has 2 aromatic carbocycles. The average Bonchev–Trinajstić information content (AvgIpc) is 3.19. The van der Waals surface area contributed by atoms with Gasteiger partial charge in [-0.2, -0.15) is 4.98 Å². The Hall–Kier alpha value is -3.49. The number of anilines is 3. The van der Waals surface area contributed by atoms with Crippen LogP contribution in [0.15, 0.2) is 42.7 Å². The van der Waals surface area contributed by atoms with Gasteiger partial charge in [0.1, 0.15) is 18.0 Å². The standard InChI is InChI=1S/C21H22F2N6O.H2/c1-14-7-18(12-19(8-14)28-5-3-27(4-6-28)15(2)30)25-21-24-13-29(26-21)20-10-16(22)9-17(23)11-20;/h7-13H,3-6H2,1-2H3,(H,25,26);1H/i3D2,4D2,5D2,6D2;. The van der Waals surface area contributed by atoms with E-state index in [1.54, 1.807) is 13.0 Å². The number of amides is 1. The molecule has 30 heavy (non-hydrogen) atoms. The molecule has 4 rings (SSSR count). The van der Waals surface area contributed by atoms with Crippen molar-refractivity contribution in [3.63, 3.8) is 0 Å². The van der Waals surface area contributed by atoms with Crippen molar-refractivity contribution in [1.29, 1.82) is 0 Å². The molecule has 9 heteroatoms. The van der Waals surface area contributed by atoms with Crippen LogP contribution in [0.1, 0.15) is 24.9 Å². The Morgan fingerprint density at radius 1 is 1.07 bits per heavy atom. The Labute approximate surface area is 185 Å². The number of aromatic nitrogens is 3. The maximum absolute atomic E-state index is 13.6. The van der Waals surface area contributed by atoms with Gasteiger partial charge in [-0.3, -0.25) is 4.79 Å². The minimum atomic E-state index is -3.27. The van der Waals surface area contributed by atoms with Crippen molar-refractivity contribution in [2.45, 2.75) is 13.8 Å². The van der Waals surface area contributed by atoms with Gasteiger partial charge in [-0.25, -0.2) is 13.5 Å². The second kappa shape index (κ2) is 8.10. The summed E-state index contributed by atoms with van der Waals surface area (Å²) in [4.78, 5) is 16.4. The predicted molar refractivity (Wildman–Crippen MR) is 112 cm³/mol. The van der Waals surface area contributed by atoms with Crippen LogP contribution >= 0.6 is 0 Å². The normalized spacial score (nSPS) is 24.8. The van der Waals surface area contributed by atoms with E-state index in [1.807, 2.05) is 0 Å². The first-order valence-corrected chi connectivity index (χ1v) is 8.78. The summed E-state index contributed by atoms with van der Waals surface area (Å²) in [5.41, 5.74) is 0.482. The van der Waals surface area contributed by atoms with Crippen LogP contribution in [0, 0.1) is 18.6 Å². The van der Waals surface area contributed by atoms with Gasteiger partial charge < -0.3 is 15.1 Å². The van der Waals surface area contributed by atoms with E-state index in [1.165, 1.54) is 18.5 Å². The average molecular weight is 423 g/mol. The lowest BCUT2D eigenvalue weighted by Crippen LogP contribution is -2.48. The van der Waals surface area contributed by atoms with Gasteiger partial charge >= 0.3 is 0 Å². The maximum atomic E-state index is 13.6. The SMILES string of the molecule is [2H]C1([2H])N(C(C)=O)C([2H])([2H])C([2H])([2H])N(c2cc(C)cc(Nc3ncn(-c4cc(F)cc(F)c4)n3)c2)C1([2H])[2H].[HH]. The Morgan fingerprint density at radius 2 is 1.77 bits per heavy atom. The van der Waals surface area contributed by atoms with E-state index in [-0.39, 0.29) is 29.3 Å². The van der Waals surface area contributed by atoms with Gasteiger partial charge in [-0.1, -0.05) is 0 Å². The molecule has 1 amide bonds. The molecule has 0 radical (unpaired) electrons. The maximum Gasteiger partial charge on any atom is 0.246 e. The zero-order valence-corrected chi connectivity index (χ0v) is 15.9. The zero-order valence-electron chi connectivity index (χ0n) is 23.9. The number of piperazine rings is 1. The molecular formula is C21H24F2N6O. The molecule has 0 saturated carbocycles. The monoisotopic (exact) mass is 422 g/mol. The third kappa shape index (κ3) is 4.40. The van der Waals surface area contributed by atoms with Crippen LogP contribution in [0.4, 0.5) is 26.1 Å². The van der Waals surface area contributed by atoms with Crippen molar-refractivity contribution in [2.24, 2.45) is 0 Å². The van der Waals surface area contributed by atoms with E-state index in [0.29, 0.717) is 16.5 Å². The number of hydrogen-bond donors (Lipinski definition) is 1. The Morgan fingerprint density at radius 3 is 2.43 bits per heavy atom. The highest BCUT2D eigenvalue weighted by molar-refractivity contribution is 5.73. The number of hydrogen-bond acceptors (Lipinski definition) is 5. The van der Waals surface area contributed by atoms with Crippen molar-refractivity contribution >= 4 is 23.2 Å². The largest absolute Gasteiger partial charge is 0.368 e. The first-order valence-electron chi connectivity index (χ1n) is 12.8. The number of carbonyl (C=O) groups excluding carboxylic acids is 1. The number of nitrogens with one attached hydrogen (secondary N) is 1. The molecule has 0 unspecified atom stereocenters. The molecule has 2 heterocycles. The highest BCUT2D eigenvalue weighted by Crippen LogP contribution is 2.25. The van der Waals surface area contributed by atoms with Crippen LogP contribution < -0.4 is 10.2 Å². The Kier molecular flexibility index (Phi) is 3.31. The Balaban J connectivity index is 0.00000420. The van der Waals surface area contributed by atoms with E-state index in [2.05, 4.69) is 15.4 Å². The van der Waals surface area contributed by atoms with Crippen LogP contribution in [0.3, 0.4) is 0 Å². The van der Waals surface area contributed by atoms with Gasteiger partial charge in [0.2, 0.25) is 11.9 Å². The number of halogens is 2. The molecular weight excluding hydrogens is 390 g/mol. The number of nitrogens with zero attached hydrogens (tertiary/aromatic N) is 5. The molecule has 0 bridgehead atoms. The summed E-state index contributed by atoms with van der Waals surface area (Å²) in [6.07, 6.45) is 1.19. The molecule has 0 atom stereocenters. The summed E-state index contributed by atoms with van der Waals surface area (Å²) >= 11 is 0. The first-order chi connectivity index (χ1) is 17.4. The fourth-order valence-corrected chi connectivity index (χ4v) is 2.75. The van der Waals surface area contributed by atoms with E-state index < -0.39 is 43.5 Å². The van der Waals surface area contributed by atoms with E-state index in [4.69, 9.17) is 11.0 Å². The smallest absolute Gasteiger partial charge is 0.246 e. The van der Waals surface area contributed by atoms with Gasteiger partial charge in [0.15, 0.2) is 0 Å². The molecule has 0 spiro atoms. The minimum Gasteiger partial charge on any atom is -0.368 e. The third-order valence-corrected chi connectivity index (χ3v) is 4.04. The summed E-state index contributed by atoms with van der Waals surface area (Å²) in [7, 11) is 0. The quantitative estimate of drug-likeness (QED) is 0.697. The Bertz CT molecular complexity index is 1370. The van der Waals surface area contributed by atoms with Gasteiger partial charge in [0, 0.05) is 51.8 Å². The summed E-state index contributed by atoms with van der Waals surface area (Å²) in [6.45, 7) is -10.6. The van der Waals surface area contributed by atoms with Gasteiger partial charge in [0.05, 0.1) is 16.7 Å². The fraction of sp³-hybridized carbons (Fsp3) is 0.286. The van der Waals surface area contributed by atoms with Gasteiger partial charge in [0.25, 0.3) is 0 Å². The summed E-state index contributed by atoms with van der Waals surface area (Å²) in [6, 6.07) is 6.91. The van der Waals surface area contributed by atoms with E-state index >= 15 is 0 Å². The first kappa shape index (κ1) is 12.3. The summed E-state index contributed by atoms with van der Waals surface area (Å²) in [5, 5.41) is 6.91. The van der Waals surface area contributed by atoms with Crippen molar-refractivity contribution in [3.05, 3.63) is 59.9 Å². The fourth-order valence-electron chi connectivity index (χ4n) is 2.75. The van der Waals surface area contributed by atoms with Crippen LogP contribution in [-0.2, 0) is 4.79 Å². The molecule has 1 saturated heterocycles. The van der Waals surface area contributed by atoms with Gasteiger partial charge in [-0.15, -0.1) is 5.10 Å². The number of benzene rings is 2. The van der Waals surface area contributed by atoms with Crippen molar-refractivity contribution < 1.29 is 26.0 Å². The zero-order chi connectivity index (χ0) is 28.4. The molecule has 1 aliphatic heterocycles. The lowest BCUT2D eigenvalue weighted by Gasteiger charge is -2.36. The van der Waals surface area contributed by atoms with Crippen molar-refractivity contribution in [1.82, 2.24) is 19.7 Å². The van der Waals surface area contributed by atoms with Crippen molar-refractivity contribution in [2.75, 3.05) is 36.2 Å². The molecule has 1 aromatic heterocycles. The van der Waals surface area contributed by atoms with E-state index in [9.17, 15) is 13.6 Å². The van der Waals surface area contributed by atoms with Gasteiger partial charge in [-0.05, 0) is 42.8 Å². The number of rotatable bonds is 4. The van der Waals surface area contributed by atoms with Crippen LogP contribution in [0.25, 0.3) is 5.69 Å². The molecule has 3 aromatic rings. The van der Waals surface area contributed by atoms with Crippen molar-refractivity contribution in [3.8, 4) is 5.69 Å². The second-order valence-corrected chi connectivity index (χ2v) is 6.46. The minimum absolute atomic E-state index is 0. The topological polar surface area (TPSA) is 66.3 Å². The molecule has 7 nitrogen and oxygen atoms in total. The third-order valence-electron chi connectivity index (χ3n) is 4.04. The summed E-state index contributed by atoms with van der Waals surface area (Å²) in [5.74, 6) is -2.86. The lowest BCUT2D eigenvalue weighted by molar-refractivity contribution is -0.129. The van der Waals surface area contributed by atoms with Crippen LogP contribution in [0.5, 0.6) is 0 Å². The molecule has 1 fully saturated rings. The molecule has 158 valence electrons. The highest BCUT2D eigenvalue weighted by Gasteiger charge is 2.19. The second-order valence-electron chi connectivity index (χ2n) is 6.46. The summed E-state index contributed by atoms with van der Waals surface area (Å²) < 4.78 is 95.3. The molecule has 1 N–H and O–H groups in total. The lowest BCUT2D eigenvalue weighted by atomic mass is 10.1. The predicted octanol–water partition coefficient (Wildman–Crippen LogP) is 3.51. The van der Waals surface area contributed by atoms with Crippen LogP contribution in [-0.4, -0.2) is 51.6 Å².